The molecule has 0 aliphatic rings. The van der Waals surface area contributed by atoms with Crippen molar-refractivity contribution in [2.45, 2.75) is 26.7 Å². The lowest BCUT2D eigenvalue weighted by molar-refractivity contribution is 0.734. The molecule has 4 nitrogen and oxygen atoms in total. The van der Waals surface area contributed by atoms with Gasteiger partial charge in [0, 0.05) is 24.8 Å². The van der Waals surface area contributed by atoms with Gasteiger partial charge in [0.2, 0.25) is 0 Å². The molecule has 3 rings (SSSR count). The third-order valence-corrected chi connectivity index (χ3v) is 4.82. The average Bonchev–Trinajstić information content (AvgIpc) is 2.98. The molecule has 0 aromatic carbocycles. The van der Waals surface area contributed by atoms with Crippen LogP contribution in [0.5, 0.6) is 0 Å². The van der Waals surface area contributed by atoms with Crippen molar-refractivity contribution in [2.75, 3.05) is 18.0 Å². The van der Waals surface area contributed by atoms with Crippen LogP contribution < -0.4 is 4.90 Å². The summed E-state index contributed by atoms with van der Waals surface area (Å²) in [6.45, 7) is 6.45. The van der Waals surface area contributed by atoms with Crippen molar-refractivity contribution in [1.29, 1.82) is 0 Å². The van der Waals surface area contributed by atoms with E-state index in [9.17, 15) is 0 Å². The molecule has 0 amide bonds. The van der Waals surface area contributed by atoms with Gasteiger partial charge in [-0.05, 0) is 31.0 Å². The van der Waals surface area contributed by atoms with Crippen molar-refractivity contribution in [3.8, 4) is 10.6 Å². The number of fused-ring (bicyclic) bond motifs is 1. The molecule has 0 aliphatic heterocycles. The number of hydrogen-bond donors (Lipinski definition) is 0. The molecule has 3 heterocycles. The molecule has 23 heavy (non-hydrogen) atoms. The van der Waals surface area contributed by atoms with Crippen LogP contribution in [-0.4, -0.2) is 28.0 Å². The maximum atomic E-state index is 5.94. The highest BCUT2D eigenvalue weighted by atomic mass is 35.5. The van der Waals surface area contributed by atoms with Gasteiger partial charge in [-0.1, -0.05) is 25.4 Å². The van der Waals surface area contributed by atoms with Crippen LogP contribution in [0.3, 0.4) is 0 Å². The van der Waals surface area contributed by atoms with E-state index in [1.54, 1.807) is 17.5 Å². The molecule has 6 heteroatoms. The van der Waals surface area contributed by atoms with E-state index in [1.165, 1.54) is 0 Å². The van der Waals surface area contributed by atoms with E-state index in [0.717, 1.165) is 52.5 Å². The molecule has 3 aromatic rings. The molecular weight excluding hydrogens is 328 g/mol. The van der Waals surface area contributed by atoms with Gasteiger partial charge in [0.15, 0.2) is 0 Å². The van der Waals surface area contributed by atoms with Crippen LogP contribution in [0.4, 0.5) is 5.82 Å². The Morgan fingerprint density at radius 3 is 2.52 bits per heavy atom. The van der Waals surface area contributed by atoms with E-state index < -0.39 is 0 Å². The highest BCUT2D eigenvalue weighted by molar-refractivity contribution is 7.21. The monoisotopic (exact) mass is 346 g/mol. The van der Waals surface area contributed by atoms with Crippen molar-refractivity contribution in [3.05, 3.63) is 35.7 Å². The maximum absolute atomic E-state index is 5.94. The number of halogens is 1. The normalized spacial score (nSPS) is 11.1. The second-order valence-corrected chi connectivity index (χ2v) is 6.80. The maximum Gasteiger partial charge on any atom is 0.130 e. The average molecular weight is 347 g/mol. The summed E-state index contributed by atoms with van der Waals surface area (Å²) in [5.74, 6) is 1.03. The van der Waals surface area contributed by atoms with Crippen LogP contribution in [0, 0.1) is 0 Å². The number of rotatable bonds is 6. The van der Waals surface area contributed by atoms with Crippen LogP contribution in [-0.2, 0) is 0 Å². The minimum Gasteiger partial charge on any atom is -0.357 e. The molecule has 120 valence electrons. The number of hydrogen-bond acceptors (Lipinski definition) is 5. The number of pyridine rings is 2. The topological polar surface area (TPSA) is 41.9 Å². The smallest absolute Gasteiger partial charge is 0.130 e. The van der Waals surface area contributed by atoms with Gasteiger partial charge in [0.25, 0.3) is 0 Å². The predicted molar refractivity (Wildman–Crippen MR) is 98.5 cm³/mol. The molecule has 3 aromatic heterocycles. The first-order valence-electron chi connectivity index (χ1n) is 7.84. The largest absolute Gasteiger partial charge is 0.357 e. The second kappa shape index (κ2) is 7.23. The van der Waals surface area contributed by atoms with E-state index in [2.05, 4.69) is 45.8 Å². The van der Waals surface area contributed by atoms with Gasteiger partial charge in [-0.3, -0.25) is 0 Å². The van der Waals surface area contributed by atoms with Crippen molar-refractivity contribution in [2.24, 2.45) is 0 Å². The number of aromatic nitrogens is 3. The van der Waals surface area contributed by atoms with Crippen LogP contribution in [0.2, 0.25) is 5.15 Å². The Bertz CT molecular complexity index is 779. The van der Waals surface area contributed by atoms with Crippen LogP contribution in [0.1, 0.15) is 26.7 Å². The highest BCUT2D eigenvalue weighted by Gasteiger charge is 2.10. The lowest BCUT2D eigenvalue weighted by Gasteiger charge is -2.22. The van der Waals surface area contributed by atoms with E-state index >= 15 is 0 Å². The lowest BCUT2D eigenvalue weighted by Crippen LogP contribution is -2.25. The third-order valence-electron chi connectivity index (χ3n) is 3.55. The molecular formula is C17H19ClN4S. The van der Waals surface area contributed by atoms with E-state index in [0.29, 0.717) is 5.15 Å². The summed E-state index contributed by atoms with van der Waals surface area (Å²) in [6, 6.07) is 6.02. The van der Waals surface area contributed by atoms with Gasteiger partial charge < -0.3 is 4.90 Å². The first-order valence-corrected chi connectivity index (χ1v) is 9.04. The summed E-state index contributed by atoms with van der Waals surface area (Å²) in [5.41, 5.74) is 1.90. The van der Waals surface area contributed by atoms with Crippen LogP contribution >= 0.6 is 22.9 Å². The Kier molecular flexibility index (Phi) is 5.08. The molecule has 0 fully saturated rings. The van der Waals surface area contributed by atoms with E-state index in [4.69, 9.17) is 11.6 Å². The first-order chi connectivity index (χ1) is 11.2. The Labute approximate surface area is 145 Å². The van der Waals surface area contributed by atoms with Crippen molar-refractivity contribution < 1.29 is 0 Å². The van der Waals surface area contributed by atoms with Gasteiger partial charge in [0.1, 0.15) is 21.5 Å². The minimum absolute atomic E-state index is 0.496. The summed E-state index contributed by atoms with van der Waals surface area (Å²) >= 11 is 7.55. The summed E-state index contributed by atoms with van der Waals surface area (Å²) in [6.07, 6.45) is 5.86. The SMILES string of the molecule is CCCN(CCC)c1ccc(-c2nc3cnc(Cl)cc3s2)cn1. The molecule has 0 aliphatic carbocycles. The van der Waals surface area contributed by atoms with E-state index in [1.807, 2.05) is 12.3 Å². The minimum atomic E-state index is 0.496. The Hall–Kier alpha value is -1.72. The van der Waals surface area contributed by atoms with Gasteiger partial charge in [-0.25, -0.2) is 15.0 Å². The number of nitrogens with zero attached hydrogens (tertiary/aromatic N) is 4. The summed E-state index contributed by atoms with van der Waals surface area (Å²) in [5, 5.41) is 1.44. The van der Waals surface area contributed by atoms with Crippen molar-refractivity contribution in [1.82, 2.24) is 15.0 Å². The van der Waals surface area contributed by atoms with Crippen molar-refractivity contribution in [3.63, 3.8) is 0 Å². The molecule has 0 saturated carbocycles. The number of anilines is 1. The molecule has 0 saturated heterocycles. The van der Waals surface area contributed by atoms with E-state index in [-0.39, 0.29) is 0 Å². The second-order valence-electron chi connectivity index (χ2n) is 5.39. The third kappa shape index (κ3) is 3.62. The molecule has 0 radical (unpaired) electrons. The predicted octanol–water partition coefficient (Wildman–Crippen LogP) is 5.03. The molecule has 0 unspecified atom stereocenters. The molecule has 0 atom stereocenters. The zero-order valence-electron chi connectivity index (χ0n) is 13.3. The summed E-state index contributed by atoms with van der Waals surface area (Å²) < 4.78 is 1.04. The van der Waals surface area contributed by atoms with Gasteiger partial charge in [0.05, 0.1) is 10.9 Å². The molecule has 0 spiro atoms. The van der Waals surface area contributed by atoms with Gasteiger partial charge >= 0.3 is 0 Å². The quantitative estimate of drug-likeness (QED) is 0.587. The molecule has 0 bridgehead atoms. The van der Waals surface area contributed by atoms with Crippen LogP contribution in [0.15, 0.2) is 30.6 Å². The fourth-order valence-electron chi connectivity index (χ4n) is 2.51. The fourth-order valence-corrected chi connectivity index (χ4v) is 3.70. The number of thiazole rings is 1. The Morgan fingerprint density at radius 1 is 1.09 bits per heavy atom. The zero-order chi connectivity index (χ0) is 16.2. The highest BCUT2D eigenvalue weighted by Crippen LogP contribution is 2.31. The summed E-state index contributed by atoms with van der Waals surface area (Å²) in [4.78, 5) is 15.7. The lowest BCUT2D eigenvalue weighted by atomic mass is 10.2. The van der Waals surface area contributed by atoms with Gasteiger partial charge in [-0.15, -0.1) is 11.3 Å². The summed E-state index contributed by atoms with van der Waals surface area (Å²) in [7, 11) is 0. The fraction of sp³-hybridized carbons (Fsp3) is 0.353. The Morgan fingerprint density at radius 2 is 1.87 bits per heavy atom. The first kappa shape index (κ1) is 16.1. The molecule has 0 N–H and O–H groups in total. The van der Waals surface area contributed by atoms with Crippen molar-refractivity contribution >= 4 is 39.0 Å². The Balaban J connectivity index is 1.88. The zero-order valence-corrected chi connectivity index (χ0v) is 14.9. The van der Waals surface area contributed by atoms with Gasteiger partial charge in [-0.2, -0.15) is 0 Å². The van der Waals surface area contributed by atoms with Crippen LogP contribution in [0.25, 0.3) is 20.8 Å². The standard InChI is InChI=1S/C17H19ClN4S/c1-3-7-22(8-4-2)16-6-5-12(10-20-16)17-21-13-11-19-15(18)9-14(13)23-17/h5-6,9-11H,3-4,7-8H2,1-2H3.